The van der Waals surface area contributed by atoms with Crippen LogP contribution in [0.4, 0.5) is 5.69 Å². The lowest BCUT2D eigenvalue weighted by Crippen LogP contribution is -2.38. The Morgan fingerprint density at radius 3 is 2.76 bits per heavy atom. The van der Waals surface area contributed by atoms with Crippen molar-refractivity contribution < 1.29 is 4.79 Å². The van der Waals surface area contributed by atoms with E-state index in [2.05, 4.69) is 23.3 Å². The second-order valence-corrected chi connectivity index (χ2v) is 7.96. The van der Waals surface area contributed by atoms with Gasteiger partial charge in [0.1, 0.15) is 0 Å². The van der Waals surface area contributed by atoms with Crippen LogP contribution in [-0.2, 0) is 10.5 Å². The molecule has 25 heavy (non-hydrogen) atoms. The monoisotopic (exact) mass is 374 g/mol. The summed E-state index contributed by atoms with van der Waals surface area (Å²) in [5.74, 6) is 1.05. The second-order valence-electron chi connectivity index (χ2n) is 6.50. The Kier molecular flexibility index (Phi) is 6.40. The van der Waals surface area contributed by atoms with E-state index in [-0.39, 0.29) is 11.8 Å². The van der Waals surface area contributed by atoms with Crippen molar-refractivity contribution in [3.63, 3.8) is 0 Å². The predicted molar refractivity (Wildman–Crippen MR) is 106 cm³/mol. The molecule has 132 valence electrons. The number of rotatable bonds is 5. The van der Waals surface area contributed by atoms with Crippen LogP contribution >= 0.6 is 23.4 Å². The molecule has 0 saturated carbocycles. The van der Waals surface area contributed by atoms with Crippen LogP contribution in [-0.4, -0.2) is 30.9 Å². The zero-order valence-corrected chi connectivity index (χ0v) is 15.9. The Morgan fingerprint density at radius 2 is 2.00 bits per heavy atom. The van der Waals surface area contributed by atoms with Gasteiger partial charge in [0, 0.05) is 22.2 Å². The van der Waals surface area contributed by atoms with Gasteiger partial charge in [-0.2, -0.15) is 0 Å². The van der Waals surface area contributed by atoms with Crippen molar-refractivity contribution in [3.8, 4) is 0 Å². The van der Waals surface area contributed by atoms with Gasteiger partial charge in [0.15, 0.2) is 0 Å². The first-order valence-corrected chi connectivity index (χ1v) is 9.94. The average molecular weight is 375 g/mol. The van der Waals surface area contributed by atoms with Crippen LogP contribution in [0.5, 0.6) is 0 Å². The summed E-state index contributed by atoms with van der Waals surface area (Å²) in [6.07, 6.45) is 2.05. The molecule has 1 unspecified atom stereocenters. The molecule has 0 radical (unpaired) electrons. The molecule has 0 bridgehead atoms. The lowest BCUT2D eigenvalue weighted by Gasteiger charge is -2.28. The van der Waals surface area contributed by atoms with E-state index >= 15 is 0 Å². The van der Waals surface area contributed by atoms with E-state index in [1.807, 2.05) is 42.5 Å². The predicted octanol–water partition coefficient (Wildman–Crippen LogP) is 4.91. The molecule has 0 aromatic heterocycles. The minimum absolute atomic E-state index is 0.0769. The van der Waals surface area contributed by atoms with Gasteiger partial charge in [-0.15, -0.1) is 11.8 Å². The maximum atomic E-state index is 12.6. The maximum absolute atomic E-state index is 12.6. The van der Waals surface area contributed by atoms with Crippen LogP contribution in [0.3, 0.4) is 0 Å². The van der Waals surface area contributed by atoms with Crippen molar-refractivity contribution in [2.45, 2.75) is 23.5 Å². The van der Waals surface area contributed by atoms with Crippen LogP contribution in [0.2, 0.25) is 5.02 Å². The molecule has 1 atom stereocenters. The number of carbonyl (C=O) groups excluding carboxylic acids is 1. The smallest absolute Gasteiger partial charge is 0.228 e. The Bertz CT molecular complexity index is 720. The highest BCUT2D eigenvalue weighted by molar-refractivity contribution is 7.98. The molecule has 1 heterocycles. The number of hydrogen-bond acceptors (Lipinski definition) is 3. The average Bonchev–Trinajstić information content (AvgIpc) is 2.62. The fourth-order valence-electron chi connectivity index (χ4n) is 3.05. The number of halogens is 1. The second kappa shape index (κ2) is 8.75. The minimum atomic E-state index is 0.0769. The number of nitrogens with zero attached hydrogens (tertiary/aromatic N) is 1. The third-order valence-corrected chi connectivity index (χ3v) is 5.84. The zero-order chi connectivity index (χ0) is 17.6. The van der Waals surface area contributed by atoms with Crippen LogP contribution in [0.1, 0.15) is 18.4 Å². The molecule has 1 saturated heterocycles. The molecule has 5 heteroatoms. The first kappa shape index (κ1) is 18.3. The zero-order valence-electron chi connectivity index (χ0n) is 14.4. The van der Waals surface area contributed by atoms with Gasteiger partial charge in [-0.05, 0) is 56.3 Å². The van der Waals surface area contributed by atoms with Gasteiger partial charge >= 0.3 is 0 Å². The summed E-state index contributed by atoms with van der Waals surface area (Å²) in [4.78, 5) is 15.9. The summed E-state index contributed by atoms with van der Waals surface area (Å²) >= 11 is 7.66. The summed E-state index contributed by atoms with van der Waals surface area (Å²) in [6, 6.07) is 15.9. The van der Waals surface area contributed by atoms with Crippen molar-refractivity contribution in [2.75, 3.05) is 25.5 Å². The van der Waals surface area contributed by atoms with Gasteiger partial charge in [0.25, 0.3) is 0 Å². The highest BCUT2D eigenvalue weighted by Gasteiger charge is 2.24. The topological polar surface area (TPSA) is 32.3 Å². The van der Waals surface area contributed by atoms with Gasteiger partial charge in [0.2, 0.25) is 5.91 Å². The van der Waals surface area contributed by atoms with Gasteiger partial charge < -0.3 is 10.2 Å². The fraction of sp³-hybridized carbons (Fsp3) is 0.350. The van der Waals surface area contributed by atoms with Crippen molar-refractivity contribution in [1.82, 2.24) is 4.90 Å². The lowest BCUT2D eigenvalue weighted by atomic mass is 9.97. The van der Waals surface area contributed by atoms with E-state index in [0.29, 0.717) is 0 Å². The van der Waals surface area contributed by atoms with E-state index in [9.17, 15) is 4.79 Å². The van der Waals surface area contributed by atoms with E-state index in [1.54, 1.807) is 11.8 Å². The number of piperidine rings is 1. The van der Waals surface area contributed by atoms with E-state index in [0.717, 1.165) is 47.3 Å². The molecule has 1 amide bonds. The molecule has 1 fully saturated rings. The quantitative estimate of drug-likeness (QED) is 0.754. The number of amides is 1. The first-order valence-electron chi connectivity index (χ1n) is 8.57. The minimum Gasteiger partial charge on any atom is -0.325 e. The summed E-state index contributed by atoms with van der Waals surface area (Å²) in [6.45, 7) is 1.92. The van der Waals surface area contributed by atoms with E-state index < -0.39 is 0 Å². The Morgan fingerprint density at radius 1 is 1.24 bits per heavy atom. The third-order valence-electron chi connectivity index (χ3n) is 4.45. The standard InChI is InChI=1S/C20H23ClN2OS/c1-23-12-4-5-16(13-23)20(24)22-18-6-2-3-7-19(18)25-14-15-8-10-17(21)11-9-15/h2-3,6-11,16H,4-5,12-14H2,1H3,(H,22,24). The molecule has 0 aliphatic carbocycles. The Balaban J connectivity index is 1.64. The van der Waals surface area contributed by atoms with E-state index in [1.165, 1.54) is 5.56 Å². The molecular formula is C20H23ClN2OS. The number of nitrogens with one attached hydrogen (secondary N) is 1. The normalized spacial score (nSPS) is 18.1. The molecular weight excluding hydrogens is 352 g/mol. The molecule has 1 aliphatic heterocycles. The summed E-state index contributed by atoms with van der Waals surface area (Å²) < 4.78 is 0. The van der Waals surface area contributed by atoms with Crippen LogP contribution in [0.25, 0.3) is 0 Å². The van der Waals surface area contributed by atoms with Crippen molar-refractivity contribution in [1.29, 1.82) is 0 Å². The maximum Gasteiger partial charge on any atom is 0.228 e. The number of thioether (sulfide) groups is 1. The third kappa shape index (κ3) is 5.24. The molecule has 1 N–H and O–H groups in total. The molecule has 2 aromatic carbocycles. The van der Waals surface area contributed by atoms with Crippen molar-refractivity contribution >= 4 is 35.0 Å². The van der Waals surface area contributed by atoms with Crippen LogP contribution < -0.4 is 5.32 Å². The molecule has 1 aliphatic rings. The molecule has 3 rings (SSSR count). The summed E-state index contributed by atoms with van der Waals surface area (Å²) in [7, 11) is 2.08. The van der Waals surface area contributed by atoms with Crippen LogP contribution in [0.15, 0.2) is 53.4 Å². The number of benzene rings is 2. The number of anilines is 1. The number of hydrogen-bond donors (Lipinski definition) is 1. The highest BCUT2D eigenvalue weighted by atomic mass is 35.5. The van der Waals surface area contributed by atoms with Gasteiger partial charge in [-0.1, -0.05) is 35.9 Å². The SMILES string of the molecule is CN1CCCC(C(=O)Nc2ccccc2SCc2ccc(Cl)cc2)C1. The Labute approximate surface area is 158 Å². The summed E-state index contributed by atoms with van der Waals surface area (Å²) in [5, 5.41) is 3.89. The number of likely N-dealkylation sites (tertiary alicyclic amines) is 1. The molecule has 0 spiro atoms. The first-order chi connectivity index (χ1) is 12.1. The lowest BCUT2D eigenvalue weighted by molar-refractivity contribution is -0.121. The summed E-state index contributed by atoms with van der Waals surface area (Å²) in [5.41, 5.74) is 2.11. The van der Waals surface area contributed by atoms with Crippen LogP contribution in [0, 0.1) is 5.92 Å². The molecule has 3 nitrogen and oxygen atoms in total. The van der Waals surface area contributed by atoms with Crippen molar-refractivity contribution in [2.24, 2.45) is 5.92 Å². The number of carbonyl (C=O) groups is 1. The number of para-hydroxylation sites is 1. The van der Waals surface area contributed by atoms with Gasteiger partial charge in [0.05, 0.1) is 11.6 Å². The van der Waals surface area contributed by atoms with Gasteiger partial charge in [-0.25, -0.2) is 0 Å². The fourth-order valence-corrected chi connectivity index (χ4v) is 4.14. The van der Waals surface area contributed by atoms with Gasteiger partial charge in [-0.3, -0.25) is 4.79 Å². The van der Waals surface area contributed by atoms with E-state index in [4.69, 9.17) is 11.6 Å². The van der Waals surface area contributed by atoms with Crippen molar-refractivity contribution in [3.05, 3.63) is 59.1 Å². The Hall–Kier alpha value is -1.49. The largest absolute Gasteiger partial charge is 0.325 e. The highest BCUT2D eigenvalue weighted by Crippen LogP contribution is 2.31. The molecule has 2 aromatic rings.